The van der Waals surface area contributed by atoms with E-state index in [1.54, 1.807) is 6.20 Å². The fourth-order valence-electron chi connectivity index (χ4n) is 4.12. The summed E-state index contributed by atoms with van der Waals surface area (Å²) < 4.78 is 8.11. The number of hydrogen-bond acceptors (Lipinski definition) is 4. The Kier molecular flexibility index (Phi) is 8.61. The van der Waals surface area contributed by atoms with Gasteiger partial charge in [-0.25, -0.2) is 9.97 Å². The number of para-hydroxylation sites is 1. The van der Waals surface area contributed by atoms with Gasteiger partial charge in [-0.3, -0.25) is 0 Å². The summed E-state index contributed by atoms with van der Waals surface area (Å²) in [6.45, 7) is 6.63. The fraction of sp³-hybridized carbons (Fsp3) is 0.125. The number of nitrogens with zero attached hydrogens (tertiary/aromatic N) is 3. The van der Waals surface area contributed by atoms with Crippen LogP contribution in [-0.2, 0) is 39.1 Å². The van der Waals surface area contributed by atoms with Crippen LogP contribution in [0.3, 0.4) is 0 Å². The number of benzene rings is 3. The summed E-state index contributed by atoms with van der Waals surface area (Å²) in [5.74, 6) is 2.04. The molecule has 0 unspecified atom stereocenters. The molecule has 0 bridgehead atoms. The van der Waals surface area contributed by atoms with E-state index in [2.05, 4.69) is 78.9 Å². The maximum absolute atomic E-state index is 5.95. The van der Waals surface area contributed by atoms with E-state index in [4.69, 9.17) is 22.3 Å². The molecule has 6 rings (SSSR count). The van der Waals surface area contributed by atoms with Crippen molar-refractivity contribution in [1.82, 2.24) is 14.5 Å². The third-order valence-corrected chi connectivity index (χ3v) is 6.27. The predicted octanol–water partition coefficient (Wildman–Crippen LogP) is 8.05. The second-order valence-corrected chi connectivity index (χ2v) is 10.1. The van der Waals surface area contributed by atoms with E-state index >= 15 is 0 Å². The summed E-state index contributed by atoms with van der Waals surface area (Å²) in [6, 6.07) is 35.3. The zero-order valence-electron chi connectivity index (χ0n) is 21.4. The first kappa shape index (κ1) is 27.5. The molecule has 0 aliphatic carbocycles. The average Bonchev–Trinajstić information content (AvgIpc) is 3.23. The zero-order valence-corrected chi connectivity index (χ0v) is 24.5. The molecule has 6 aromatic rings. The van der Waals surface area contributed by atoms with Crippen molar-refractivity contribution < 1.29 is 25.8 Å². The smallest absolute Gasteiger partial charge is 0.780 e. The molecule has 3 aromatic carbocycles. The van der Waals surface area contributed by atoms with Crippen molar-refractivity contribution >= 4 is 34.4 Å². The van der Waals surface area contributed by atoms with Crippen molar-refractivity contribution in [3.63, 3.8) is 0 Å². The quantitative estimate of drug-likeness (QED) is 0.139. The molecule has 0 N–H and O–H groups in total. The number of aromatic nitrogens is 3. The molecule has 38 heavy (non-hydrogen) atoms. The molecule has 0 aliphatic rings. The van der Waals surface area contributed by atoms with Crippen LogP contribution < -0.4 is 4.74 Å². The van der Waals surface area contributed by atoms with Crippen LogP contribution >= 0.6 is 0 Å². The van der Waals surface area contributed by atoms with Crippen LogP contribution in [0.15, 0.2) is 114 Å². The summed E-state index contributed by atoms with van der Waals surface area (Å²) in [7, 11) is 0. The van der Waals surface area contributed by atoms with Gasteiger partial charge in [-0.2, -0.15) is 11.0 Å². The van der Waals surface area contributed by atoms with Crippen molar-refractivity contribution in [1.29, 1.82) is 0 Å². The van der Waals surface area contributed by atoms with E-state index in [9.17, 15) is 0 Å². The molecule has 3 heterocycles. The van der Waals surface area contributed by atoms with Crippen LogP contribution in [0.1, 0.15) is 26.3 Å². The van der Waals surface area contributed by atoms with Crippen LogP contribution in [0.2, 0.25) is 0 Å². The normalized spacial score (nSPS) is 10.9. The zero-order chi connectivity index (χ0) is 25.8. The van der Waals surface area contributed by atoms with Crippen LogP contribution in [0.4, 0.5) is 0 Å². The first-order valence-electron chi connectivity index (χ1n) is 12.1. The number of hydrogen-bond donors (Lipinski definition) is 0. The monoisotopic (exact) mass is 696 g/mol. The minimum absolute atomic E-state index is 0. The molecule has 6 heteroatoms. The van der Waals surface area contributed by atoms with Gasteiger partial charge in [-0.05, 0) is 40.6 Å². The Balaban J connectivity index is 0.000000367. The summed E-state index contributed by atoms with van der Waals surface area (Å²) in [6.07, 6.45) is 3.59. The third kappa shape index (κ3) is 6.12. The van der Waals surface area contributed by atoms with Crippen LogP contribution in [-0.4, -0.2) is 14.5 Å². The molecule has 0 atom stereocenters. The molecule has 0 saturated heterocycles. The Morgan fingerprint density at radius 1 is 0.763 bits per heavy atom. The Hall–Kier alpha value is -3.53. The largest absolute Gasteiger partial charge is 2.00 e. The number of ether oxygens (including phenoxy) is 1. The van der Waals surface area contributed by atoms with Gasteiger partial charge in [0.05, 0.1) is 0 Å². The van der Waals surface area contributed by atoms with Crippen molar-refractivity contribution in [2.24, 2.45) is 0 Å². The topological polar surface area (TPSA) is 39.9 Å². The van der Waals surface area contributed by atoms with E-state index < -0.39 is 0 Å². The number of pyridine rings is 2. The molecule has 0 fully saturated rings. The van der Waals surface area contributed by atoms with E-state index in [1.807, 2.05) is 60.8 Å². The molecule has 4 nitrogen and oxygen atoms in total. The molecule has 192 valence electrons. The molecular formula is C32H27N3OPtS. The van der Waals surface area contributed by atoms with Crippen molar-refractivity contribution in [3.8, 4) is 17.4 Å². The van der Waals surface area contributed by atoms with Gasteiger partial charge in [-0.15, -0.1) is 17.5 Å². The molecular weight excluding hydrogens is 670 g/mol. The van der Waals surface area contributed by atoms with Gasteiger partial charge in [0.25, 0.3) is 0 Å². The Labute approximate surface area is 243 Å². The van der Waals surface area contributed by atoms with Crippen LogP contribution in [0, 0.1) is 6.07 Å². The molecule has 0 saturated carbocycles. The Morgan fingerprint density at radius 2 is 1.50 bits per heavy atom. The van der Waals surface area contributed by atoms with E-state index in [-0.39, 0.29) is 26.5 Å². The van der Waals surface area contributed by atoms with Crippen molar-refractivity contribution in [3.05, 3.63) is 121 Å². The van der Waals surface area contributed by atoms with Gasteiger partial charge in [0.2, 0.25) is 5.88 Å². The molecule has 0 amide bonds. The second kappa shape index (κ2) is 11.9. The molecule has 0 aliphatic heterocycles. The molecule has 3 aromatic heterocycles. The first-order valence-corrected chi connectivity index (χ1v) is 12.5. The van der Waals surface area contributed by atoms with Crippen LogP contribution in [0.5, 0.6) is 11.6 Å². The van der Waals surface area contributed by atoms with Crippen molar-refractivity contribution in [2.45, 2.75) is 31.1 Å². The molecule has 0 radical (unpaired) electrons. The Morgan fingerprint density at radius 3 is 2.18 bits per heavy atom. The number of rotatable bonds is 3. The first-order chi connectivity index (χ1) is 17.9. The second-order valence-electron chi connectivity index (χ2n) is 9.67. The summed E-state index contributed by atoms with van der Waals surface area (Å²) in [5, 5.41) is 2.28. The Bertz CT molecular complexity index is 1640. The third-order valence-electron chi connectivity index (χ3n) is 5.99. The summed E-state index contributed by atoms with van der Waals surface area (Å²) >= 11 is 4.81. The van der Waals surface area contributed by atoms with E-state index in [0.717, 1.165) is 32.5 Å². The van der Waals surface area contributed by atoms with Gasteiger partial charge in [0.15, 0.2) is 0 Å². The minimum Gasteiger partial charge on any atom is -0.780 e. The predicted molar refractivity (Wildman–Crippen MR) is 152 cm³/mol. The SMILES string of the molecule is CC(C)(C)c1ccnc(-n2c3[c-]c(Oc4ccccn4)ccc3c3ccccc32)c1.[Pt+2].[S-]c1ccccc1. The van der Waals surface area contributed by atoms with Gasteiger partial charge in [0, 0.05) is 29.7 Å². The minimum atomic E-state index is 0. The fourth-order valence-corrected chi connectivity index (χ4v) is 4.28. The van der Waals surface area contributed by atoms with E-state index in [0.29, 0.717) is 11.6 Å². The number of fused-ring (bicyclic) bond motifs is 3. The van der Waals surface area contributed by atoms with Gasteiger partial charge in [-0.1, -0.05) is 80.9 Å². The van der Waals surface area contributed by atoms with Crippen molar-refractivity contribution in [2.75, 3.05) is 0 Å². The summed E-state index contributed by atoms with van der Waals surface area (Å²) in [5.41, 5.74) is 3.30. The van der Waals surface area contributed by atoms with Gasteiger partial charge >= 0.3 is 21.1 Å². The van der Waals surface area contributed by atoms with E-state index in [1.165, 1.54) is 5.56 Å². The maximum atomic E-state index is 5.95. The van der Waals surface area contributed by atoms with Gasteiger partial charge in [0.1, 0.15) is 5.82 Å². The van der Waals surface area contributed by atoms with Gasteiger partial charge < -0.3 is 21.9 Å². The maximum Gasteiger partial charge on any atom is 2.00 e. The molecule has 0 spiro atoms. The average molecular weight is 697 g/mol. The van der Waals surface area contributed by atoms with Crippen LogP contribution in [0.25, 0.3) is 27.6 Å². The standard InChI is InChI=1S/C26H22N3O.C6H6S.Pt/c1-26(2,3)18-13-15-27-24(16-18)29-22-9-5-4-8-20(22)21-12-11-19(17-23(21)29)30-25-10-6-7-14-28-25;7-6-4-2-1-3-5-6;/h4-16H,1-3H3;1-5,7H;/q-1;;+2/p-1. The summed E-state index contributed by atoms with van der Waals surface area (Å²) in [4.78, 5) is 9.86.